The molecule has 0 aliphatic rings. The number of benzene rings is 1. The molecular formula is C23H28N4O4. The number of carbonyl (C=O) groups is 4. The largest absolute Gasteiger partial charge is 0.345 e. The Morgan fingerprint density at radius 3 is 2.23 bits per heavy atom. The number of carbonyl (C=O) groups excluding carboxylic acids is 4. The molecule has 2 aromatic rings. The third-order valence-corrected chi connectivity index (χ3v) is 4.75. The highest BCUT2D eigenvalue weighted by Gasteiger charge is 2.26. The zero-order chi connectivity index (χ0) is 22.8. The second-order valence-corrected chi connectivity index (χ2v) is 7.60. The number of hydrogen-bond donors (Lipinski definition) is 3. The maximum atomic E-state index is 12.9. The maximum absolute atomic E-state index is 12.9. The van der Waals surface area contributed by atoms with Crippen LogP contribution in [0.15, 0.2) is 54.9 Å². The van der Waals surface area contributed by atoms with Gasteiger partial charge < -0.3 is 20.7 Å². The summed E-state index contributed by atoms with van der Waals surface area (Å²) in [5.74, 6) is -1.50. The normalized spacial score (nSPS) is 13.5. The number of amides is 3. The summed E-state index contributed by atoms with van der Waals surface area (Å²) in [4.78, 5) is 53.0. The van der Waals surface area contributed by atoms with Gasteiger partial charge in [-0.2, -0.15) is 0 Å². The third-order valence-electron chi connectivity index (χ3n) is 4.75. The van der Waals surface area contributed by atoms with Crippen LogP contribution in [0.5, 0.6) is 0 Å². The smallest absolute Gasteiger partial charge is 0.253 e. The molecule has 0 bridgehead atoms. The predicted molar refractivity (Wildman–Crippen MR) is 116 cm³/mol. The lowest BCUT2D eigenvalue weighted by molar-refractivity contribution is -0.130. The Labute approximate surface area is 181 Å². The number of hydrogen-bond acceptors (Lipinski definition) is 5. The van der Waals surface area contributed by atoms with Gasteiger partial charge in [-0.25, -0.2) is 0 Å². The summed E-state index contributed by atoms with van der Waals surface area (Å²) in [7, 11) is 0. The van der Waals surface area contributed by atoms with E-state index in [9.17, 15) is 19.2 Å². The van der Waals surface area contributed by atoms with E-state index in [1.807, 2.05) is 44.2 Å². The number of rotatable bonds is 10. The van der Waals surface area contributed by atoms with Gasteiger partial charge in [-0.05, 0) is 30.5 Å². The van der Waals surface area contributed by atoms with Gasteiger partial charge >= 0.3 is 0 Å². The van der Waals surface area contributed by atoms with Crippen molar-refractivity contribution in [2.75, 3.05) is 0 Å². The topological polar surface area (TPSA) is 117 Å². The van der Waals surface area contributed by atoms with Crippen LogP contribution in [-0.2, 0) is 20.8 Å². The van der Waals surface area contributed by atoms with Gasteiger partial charge in [0, 0.05) is 18.8 Å². The molecule has 2 rings (SSSR count). The summed E-state index contributed by atoms with van der Waals surface area (Å²) in [5.41, 5.74) is 1.18. The number of aromatic nitrogens is 1. The number of aldehydes is 1. The fourth-order valence-electron chi connectivity index (χ4n) is 2.82. The first-order chi connectivity index (χ1) is 14.8. The lowest BCUT2D eigenvalue weighted by Crippen LogP contribution is -2.55. The molecule has 8 heteroatoms. The number of nitrogens with one attached hydrogen (secondary N) is 3. The van der Waals surface area contributed by atoms with Crippen LogP contribution in [0.2, 0.25) is 0 Å². The van der Waals surface area contributed by atoms with Crippen LogP contribution in [0, 0.1) is 5.92 Å². The molecule has 0 spiro atoms. The van der Waals surface area contributed by atoms with Crippen molar-refractivity contribution < 1.29 is 19.2 Å². The van der Waals surface area contributed by atoms with E-state index in [2.05, 4.69) is 20.9 Å². The van der Waals surface area contributed by atoms with Crippen molar-refractivity contribution in [2.24, 2.45) is 5.92 Å². The van der Waals surface area contributed by atoms with Crippen molar-refractivity contribution in [1.82, 2.24) is 20.9 Å². The molecule has 0 aliphatic heterocycles. The lowest BCUT2D eigenvalue weighted by Gasteiger charge is -2.23. The second-order valence-electron chi connectivity index (χ2n) is 7.60. The van der Waals surface area contributed by atoms with E-state index in [1.165, 1.54) is 13.1 Å². The molecule has 3 amide bonds. The van der Waals surface area contributed by atoms with Crippen molar-refractivity contribution in [3.05, 3.63) is 66.0 Å². The summed E-state index contributed by atoms with van der Waals surface area (Å²) in [6.45, 7) is 5.15. The molecule has 0 fully saturated rings. The molecule has 1 aromatic carbocycles. The fourth-order valence-corrected chi connectivity index (χ4v) is 2.82. The molecule has 0 radical (unpaired) electrons. The van der Waals surface area contributed by atoms with Crippen molar-refractivity contribution in [1.29, 1.82) is 0 Å². The molecule has 31 heavy (non-hydrogen) atoms. The van der Waals surface area contributed by atoms with Crippen LogP contribution >= 0.6 is 0 Å². The molecule has 0 unspecified atom stereocenters. The van der Waals surface area contributed by atoms with E-state index >= 15 is 0 Å². The fraction of sp³-hybridized carbons (Fsp3) is 0.348. The second kappa shape index (κ2) is 11.6. The Hall–Kier alpha value is -3.55. The Kier molecular flexibility index (Phi) is 8.87. The molecule has 1 heterocycles. The molecule has 164 valence electrons. The molecule has 8 nitrogen and oxygen atoms in total. The van der Waals surface area contributed by atoms with Crippen LogP contribution in [0.25, 0.3) is 0 Å². The van der Waals surface area contributed by atoms with Crippen molar-refractivity contribution in [2.45, 2.75) is 45.3 Å². The first-order valence-corrected chi connectivity index (χ1v) is 10.1. The van der Waals surface area contributed by atoms with Crippen LogP contribution < -0.4 is 16.0 Å². The van der Waals surface area contributed by atoms with Gasteiger partial charge in [-0.3, -0.25) is 19.4 Å². The summed E-state index contributed by atoms with van der Waals surface area (Å²) < 4.78 is 0. The highest BCUT2D eigenvalue weighted by Crippen LogP contribution is 2.06. The average molecular weight is 425 g/mol. The molecular weight excluding hydrogens is 396 g/mol. The number of nitrogens with zero attached hydrogens (tertiary/aromatic N) is 1. The van der Waals surface area contributed by atoms with Crippen LogP contribution in [0.4, 0.5) is 0 Å². The molecule has 1 aromatic heterocycles. The minimum atomic E-state index is -0.905. The quantitative estimate of drug-likeness (QED) is 0.497. The van der Waals surface area contributed by atoms with Gasteiger partial charge in [0.1, 0.15) is 18.4 Å². The Bertz CT molecular complexity index is 887. The summed E-state index contributed by atoms with van der Waals surface area (Å²) in [6, 6.07) is 10.0. The zero-order valence-corrected chi connectivity index (χ0v) is 17.9. The van der Waals surface area contributed by atoms with Crippen LogP contribution in [-0.4, -0.2) is 47.1 Å². The van der Waals surface area contributed by atoms with Gasteiger partial charge in [0.15, 0.2) is 0 Å². The Morgan fingerprint density at radius 1 is 0.935 bits per heavy atom. The van der Waals surface area contributed by atoms with Gasteiger partial charge in [-0.15, -0.1) is 0 Å². The third kappa shape index (κ3) is 7.33. The van der Waals surface area contributed by atoms with Gasteiger partial charge in [0.2, 0.25) is 11.8 Å². The van der Waals surface area contributed by atoms with E-state index in [1.54, 1.807) is 18.3 Å². The van der Waals surface area contributed by atoms with Crippen LogP contribution in [0.1, 0.15) is 36.7 Å². The SMILES string of the molecule is CC(C)[C@@H](C=O)NC(=O)[C@H](C)NC(=O)[C@@H](Cc1ccccc1)NC(=O)c1cccnc1. The molecule has 0 aliphatic carbocycles. The number of pyridine rings is 1. The van der Waals surface area contributed by atoms with Crippen molar-refractivity contribution in [3.8, 4) is 0 Å². The van der Waals surface area contributed by atoms with E-state index in [0.717, 1.165) is 5.56 Å². The van der Waals surface area contributed by atoms with Crippen LogP contribution in [0.3, 0.4) is 0 Å². The Morgan fingerprint density at radius 2 is 1.65 bits per heavy atom. The summed E-state index contributed by atoms with van der Waals surface area (Å²) in [6.07, 6.45) is 3.88. The van der Waals surface area contributed by atoms with E-state index in [0.29, 0.717) is 11.8 Å². The predicted octanol–water partition coefficient (Wildman–Crippen LogP) is 1.27. The van der Waals surface area contributed by atoms with E-state index in [4.69, 9.17) is 0 Å². The van der Waals surface area contributed by atoms with Gasteiger partial charge in [0.05, 0.1) is 11.6 Å². The monoisotopic (exact) mass is 424 g/mol. The highest BCUT2D eigenvalue weighted by atomic mass is 16.2. The molecule has 0 saturated carbocycles. The lowest BCUT2D eigenvalue weighted by atomic mass is 10.0. The highest BCUT2D eigenvalue weighted by molar-refractivity contribution is 5.98. The first-order valence-electron chi connectivity index (χ1n) is 10.1. The molecule has 0 saturated heterocycles. The average Bonchev–Trinajstić information content (AvgIpc) is 2.77. The van der Waals surface area contributed by atoms with Crippen molar-refractivity contribution in [3.63, 3.8) is 0 Å². The minimum Gasteiger partial charge on any atom is -0.345 e. The standard InChI is InChI=1S/C23H28N4O4/c1-15(2)20(14-28)27-21(29)16(3)25-23(31)19(12-17-8-5-4-6-9-17)26-22(30)18-10-7-11-24-13-18/h4-11,13-16,19-20H,12H2,1-3H3,(H,25,31)(H,26,30)(H,27,29)/t16-,19+,20+/m0/s1. The van der Waals surface area contributed by atoms with Crippen molar-refractivity contribution >= 4 is 24.0 Å². The minimum absolute atomic E-state index is 0.0750. The maximum Gasteiger partial charge on any atom is 0.253 e. The van der Waals surface area contributed by atoms with Gasteiger partial charge in [-0.1, -0.05) is 44.2 Å². The summed E-state index contributed by atoms with van der Waals surface area (Å²) >= 11 is 0. The summed E-state index contributed by atoms with van der Waals surface area (Å²) in [5, 5.41) is 7.95. The van der Waals surface area contributed by atoms with E-state index in [-0.39, 0.29) is 12.3 Å². The van der Waals surface area contributed by atoms with E-state index < -0.39 is 35.8 Å². The van der Waals surface area contributed by atoms with Gasteiger partial charge in [0.25, 0.3) is 5.91 Å². The molecule has 3 atom stereocenters. The first kappa shape index (κ1) is 23.7. The molecule has 3 N–H and O–H groups in total. The zero-order valence-electron chi connectivity index (χ0n) is 17.9. The Balaban J connectivity index is 2.10.